The average molecular weight is 401 g/mol. The van der Waals surface area contributed by atoms with E-state index in [2.05, 4.69) is 21.2 Å². The van der Waals surface area contributed by atoms with Crippen LogP contribution < -0.4 is 5.32 Å². The van der Waals surface area contributed by atoms with Crippen LogP contribution in [-0.2, 0) is 11.3 Å². The smallest absolute Gasteiger partial charge is 0.227 e. The Morgan fingerprint density at radius 2 is 2.00 bits per heavy atom. The normalized spacial score (nSPS) is 22.1. The molecule has 0 aromatic carbocycles. The van der Waals surface area contributed by atoms with Gasteiger partial charge in [0.15, 0.2) is 0 Å². The van der Waals surface area contributed by atoms with E-state index in [9.17, 15) is 4.79 Å². The molecule has 0 unspecified atom stereocenters. The molecule has 0 radical (unpaired) electrons. The van der Waals surface area contributed by atoms with E-state index in [1.54, 1.807) is 11.3 Å². The Labute approximate surface area is 159 Å². The first-order valence-electron chi connectivity index (χ1n) is 7.68. The number of carbonyl (C=O) groups excluding carboxylic acids is 1. The van der Waals surface area contributed by atoms with Gasteiger partial charge in [-0.2, -0.15) is 0 Å². The number of amides is 1. The molecule has 2 fully saturated rings. The first-order chi connectivity index (χ1) is 10.2. The van der Waals surface area contributed by atoms with E-state index < -0.39 is 0 Å². The number of hydrogen-bond donors (Lipinski definition) is 1. The maximum Gasteiger partial charge on any atom is 0.227 e. The number of piperazine rings is 1. The Morgan fingerprint density at radius 1 is 1.26 bits per heavy atom. The second-order valence-corrected chi connectivity index (χ2v) is 7.65. The fourth-order valence-corrected chi connectivity index (χ4v) is 4.23. The van der Waals surface area contributed by atoms with Crippen molar-refractivity contribution in [2.75, 3.05) is 39.3 Å². The number of rotatable bonds is 3. The standard InChI is InChI=1S/C15H22ClN3OS.2ClH/c16-14-4-3-13(21-14)11-18-6-8-19(9-7-18)15(20)12-2-1-5-17-10-12;;/h3-4,12,17H,1-2,5-11H2;2*1H/t12-;;/m1../s1. The number of carbonyl (C=O) groups is 1. The van der Waals surface area contributed by atoms with Crippen LogP contribution in [0.4, 0.5) is 0 Å². The highest BCUT2D eigenvalue weighted by Gasteiger charge is 2.28. The number of halogens is 3. The molecule has 132 valence electrons. The van der Waals surface area contributed by atoms with Gasteiger partial charge >= 0.3 is 0 Å². The van der Waals surface area contributed by atoms with Crippen molar-refractivity contribution in [1.82, 2.24) is 15.1 Å². The van der Waals surface area contributed by atoms with E-state index in [0.29, 0.717) is 5.91 Å². The van der Waals surface area contributed by atoms with Crippen LogP contribution in [0, 0.1) is 5.92 Å². The van der Waals surface area contributed by atoms with E-state index in [1.807, 2.05) is 6.07 Å². The molecule has 1 atom stereocenters. The molecule has 1 aromatic rings. The summed E-state index contributed by atoms with van der Waals surface area (Å²) in [4.78, 5) is 18.2. The van der Waals surface area contributed by atoms with E-state index >= 15 is 0 Å². The maximum absolute atomic E-state index is 12.5. The minimum atomic E-state index is 0. The van der Waals surface area contributed by atoms with E-state index in [1.165, 1.54) is 4.88 Å². The van der Waals surface area contributed by atoms with Crippen LogP contribution >= 0.6 is 47.8 Å². The van der Waals surface area contributed by atoms with Crippen LogP contribution in [0.3, 0.4) is 0 Å². The van der Waals surface area contributed by atoms with Gasteiger partial charge in [-0.15, -0.1) is 36.2 Å². The van der Waals surface area contributed by atoms with Gasteiger partial charge in [-0.1, -0.05) is 11.6 Å². The van der Waals surface area contributed by atoms with Gasteiger partial charge in [0.05, 0.1) is 10.3 Å². The molecular formula is C15H24Cl3N3OS. The molecule has 23 heavy (non-hydrogen) atoms. The predicted molar refractivity (Wildman–Crippen MR) is 101 cm³/mol. The molecule has 0 spiro atoms. The number of thiophene rings is 1. The lowest BCUT2D eigenvalue weighted by molar-refractivity contribution is -0.137. The molecule has 1 amide bonds. The third-order valence-electron chi connectivity index (χ3n) is 4.34. The SMILES string of the molecule is Cl.Cl.O=C([C@@H]1CCCNC1)N1CCN(Cc2ccc(Cl)s2)CC1. The second-order valence-electron chi connectivity index (χ2n) is 5.85. The molecule has 2 aliphatic heterocycles. The van der Waals surface area contributed by atoms with Gasteiger partial charge in [0.25, 0.3) is 0 Å². The highest BCUT2D eigenvalue weighted by atomic mass is 35.5. The largest absolute Gasteiger partial charge is 0.340 e. The summed E-state index contributed by atoms with van der Waals surface area (Å²) in [5.41, 5.74) is 0. The van der Waals surface area contributed by atoms with Gasteiger partial charge in [0, 0.05) is 44.1 Å². The fourth-order valence-electron chi connectivity index (χ4n) is 3.10. The summed E-state index contributed by atoms with van der Waals surface area (Å²) < 4.78 is 0.851. The molecule has 8 heteroatoms. The Morgan fingerprint density at radius 3 is 2.57 bits per heavy atom. The highest BCUT2D eigenvalue weighted by Crippen LogP contribution is 2.23. The van der Waals surface area contributed by atoms with Crippen LogP contribution in [0.5, 0.6) is 0 Å². The number of nitrogens with zero attached hydrogens (tertiary/aromatic N) is 2. The molecule has 1 aromatic heterocycles. The Hall–Kier alpha value is -0.0400. The van der Waals surface area contributed by atoms with Gasteiger partial charge in [0.2, 0.25) is 5.91 Å². The number of nitrogens with one attached hydrogen (secondary N) is 1. The van der Waals surface area contributed by atoms with Crippen molar-refractivity contribution in [2.24, 2.45) is 5.92 Å². The molecule has 3 rings (SSSR count). The van der Waals surface area contributed by atoms with Crippen LogP contribution in [0.15, 0.2) is 12.1 Å². The summed E-state index contributed by atoms with van der Waals surface area (Å²) in [6, 6.07) is 4.05. The summed E-state index contributed by atoms with van der Waals surface area (Å²) in [6.07, 6.45) is 2.16. The highest BCUT2D eigenvalue weighted by molar-refractivity contribution is 7.16. The fraction of sp³-hybridized carbons (Fsp3) is 0.667. The molecule has 2 saturated heterocycles. The van der Waals surface area contributed by atoms with Crippen molar-refractivity contribution >= 4 is 53.7 Å². The number of hydrogen-bond acceptors (Lipinski definition) is 4. The second kappa shape index (κ2) is 10.1. The Kier molecular flexibility index (Phi) is 9.19. The lowest BCUT2D eigenvalue weighted by atomic mass is 9.98. The molecule has 0 bridgehead atoms. The van der Waals surface area contributed by atoms with Crippen molar-refractivity contribution in [3.05, 3.63) is 21.3 Å². The topological polar surface area (TPSA) is 35.6 Å². The summed E-state index contributed by atoms with van der Waals surface area (Å²) >= 11 is 7.62. The van der Waals surface area contributed by atoms with Crippen LogP contribution in [0.1, 0.15) is 17.7 Å². The Bertz CT molecular complexity index is 486. The summed E-state index contributed by atoms with van der Waals surface area (Å²) in [5, 5.41) is 3.33. The molecule has 0 aliphatic carbocycles. The zero-order valence-corrected chi connectivity index (χ0v) is 16.2. The van der Waals surface area contributed by atoms with Crippen molar-refractivity contribution in [2.45, 2.75) is 19.4 Å². The molecule has 0 saturated carbocycles. The Balaban J connectivity index is 0.00000132. The zero-order valence-electron chi connectivity index (χ0n) is 13.0. The van der Waals surface area contributed by atoms with E-state index in [4.69, 9.17) is 11.6 Å². The van der Waals surface area contributed by atoms with Crippen LogP contribution in [0.25, 0.3) is 0 Å². The van der Waals surface area contributed by atoms with Gasteiger partial charge in [0.1, 0.15) is 0 Å². The first kappa shape index (κ1) is 21.0. The minimum absolute atomic E-state index is 0. The van der Waals surface area contributed by atoms with Crippen molar-refractivity contribution in [3.8, 4) is 0 Å². The van der Waals surface area contributed by atoms with E-state index in [-0.39, 0.29) is 30.7 Å². The van der Waals surface area contributed by atoms with Gasteiger partial charge in [-0.3, -0.25) is 9.69 Å². The average Bonchev–Trinajstić information content (AvgIpc) is 2.93. The van der Waals surface area contributed by atoms with Gasteiger partial charge in [-0.05, 0) is 31.5 Å². The monoisotopic (exact) mass is 399 g/mol. The van der Waals surface area contributed by atoms with Gasteiger partial charge < -0.3 is 10.2 Å². The van der Waals surface area contributed by atoms with Crippen molar-refractivity contribution in [1.29, 1.82) is 0 Å². The summed E-state index contributed by atoms with van der Waals surface area (Å²) in [5.74, 6) is 0.544. The van der Waals surface area contributed by atoms with Gasteiger partial charge in [-0.25, -0.2) is 0 Å². The van der Waals surface area contributed by atoms with E-state index in [0.717, 1.165) is 63.0 Å². The third kappa shape index (κ3) is 5.76. The van der Waals surface area contributed by atoms with Crippen molar-refractivity contribution < 1.29 is 4.79 Å². The summed E-state index contributed by atoms with van der Waals surface area (Å²) in [6.45, 7) is 6.49. The molecule has 3 heterocycles. The lowest BCUT2D eigenvalue weighted by Crippen LogP contribution is -2.51. The summed E-state index contributed by atoms with van der Waals surface area (Å²) in [7, 11) is 0. The first-order valence-corrected chi connectivity index (χ1v) is 8.88. The lowest BCUT2D eigenvalue weighted by Gasteiger charge is -2.37. The van der Waals surface area contributed by atoms with Crippen molar-refractivity contribution in [3.63, 3.8) is 0 Å². The van der Waals surface area contributed by atoms with Crippen LogP contribution in [-0.4, -0.2) is 55.0 Å². The molecule has 1 N–H and O–H groups in total. The molecule has 2 aliphatic rings. The minimum Gasteiger partial charge on any atom is -0.340 e. The quantitative estimate of drug-likeness (QED) is 0.847. The molecular weight excluding hydrogens is 377 g/mol. The maximum atomic E-state index is 12.5. The van der Waals surface area contributed by atoms with Crippen LogP contribution in [0.2, 0.25) is 4.34 Å². The third-order valence-corrected chi connectivity index (χ3v) is 5.55. The zero-order chi connectivity index (χ0) is 14.7. The number of piperidine rings is 1. The predicted octanol–water partition coefficient (Wildman–Crippen LogP) is 2.89. The molecule has 4 nitrogen and oxygen atoms in total.